The van der Waals surface area contributed by atoms with E-state index in [1.165, 1.54) is 6.07 Å². The number of nitrogens with zero attached hydrogens (tertiary/aromatic N) is 1. The number of carbonyl (C=O) groups is 1. The SMILES string of the molecule is Cc1ccc(C(=O)Nc2cc(C(F)(F)F)ccc2N2CCOCC2)c(C)c1. The van der Waals surface area contributed by atoms with Gasteiger partial charge in [-0.1, -0.05) is 17.7 Å². The number of rotatable bonds is 3. The van der Waals surface area contributed by atoms with Crippen LogP contribution in [0.5, 0.6) is 0 Å². The summed E-state index contributed by atoms with van der Waals surface area (Å²) < 4.78 is 44.8. The van der Waals surface area contributed by atoms with Gasteiger partial charge in [-0.3, -0.25) is 4.79 Å². The van der Waals surface area contributed by atoms with Crippen LogP contribution in [0.15, 0.2) is 36.4 Å². The van der Waals surface area contributed by atoms with Crippen LogP contribution in [0.3, 0.4) is 0 Å². The summed E-state index contributed by atoms with van der Waals surface area (Å²) in [6.45, 7) is 5.81. The molecule has 0 aliphatic carbocycles. The minimum Gasteiger partial charge on any atom is -0.378 e. The number of nitrogens with one attached hydrogen (secondary N) is 1. The average molecular weight is 378 g/mol. The van der Waals surface area contributed by atoms with Crippen molar-refractivity contribution >= 4 is 17.3 Å². The smallest absolute Gasteiger partial charge is 0.378 e. The predicted octanol–water partition coefficient (Wildman–Crippen LogP) is 4.41. The second kappa shape index (κ2) is 7.60. The van der Waals surface area contributed by atoms with Gasteiger partial charge in [-0.2, -0.15) is 13.2 Å². The first-order valence-electron chi connectivity index (χ1n) is 8.68. The van der Waals surface area contributed by atoms with Crippen molar-refractivity contribution in [1.82, 2.24) is 0 Å². The number of alkyl halides is 3. The number of ether oxygens (including phenoxy) is 1. The van der Waals surface area contributed by atoms with Crippen LogP contribution in [0.2, 0.25) is 0 Å². The Labute approximate surface area is 155 Å². The Kier molecular flexibility index (Phi) is 5.41. The van der Waals surface area contributed by atoms with Gasteiger partial charge in [-0.15, -0.1) is 0 Å². The van der Waals surface area contributed by atoms with Crippen molar-refractivity contribution in [3.05, 3.63) is 58.7 Å². The van der Waals surface area contributed by atoms with E-state index in [0.717, 1.165) is 23.3 Å². The van der Waals surface area contributed by atoms with E-state index in [-0.39, 0.29) is 5.69 Å². The molecule has 0 bridgehead atoms. The zero-order chi connectivity index (χ0) is 19.6. The quantitative estimate of drug-likeness (QED) is 0.860. The molecule has 1 fully saturated rings. The Morgan fingerprint density at radius 3 is 2.41 bits per heavy atom. The number of benzene rings is 2. The highest BCUT2D eigenvalue weighted by Crippen LogP contribution is 2.36. The number of hydrogen-bond acceptors (Lipinski definition) is 3. The molecule has 7 heteroatoms. The van der Waals surface area contributed by atoms with E-state index >= 15 is 0 Å². The molecule has 4 nitrogen and oxygen atoms in total. The first kappa shape index (κ1) is 19.2. The number of amides is 1. The maximum absolute atomic E-state index is 13.2. The summed E-state index contributed by atoms with van der Waals surface area (Å²) in [6, 6.07) is 8.79. The van der Waals surface area contributed by atoms with Crippen molar-refractivity contribution in [2.75, 3.05) is 36.5 Å². The lowest BCUT2D eigenvalue weighted by atomic mass is 10.0. The molecule has 1 amide bonds. The van der Waals surface area contributed by atoms with Gasteiger partial charge in [0.15, 0.2) is 0 Å². The number of morpholine rings is 1. The molecule has 1 aliphatic rings. The lowest BCUT2D eigenvalue weighted by molar-refractivity contribution is -0.137. The third-order valence-corrected chi connectivity index (χ3v) is 4.55. The highest BCUT2D eigenvalue weighted by molar-refractivity contribution is 6.07. The van der Waals surface area contributed by atoms with Gasteiger partial charge in [0.05, 0.1) is 30.2 Å². The molecule has 0 radical (unpaired) electrons. The molecule has 1 saturated heterocycles. The van der Waals surface area contributed by atoms with E-state index in [4.69, 9.17) is 4.74 Å². The molecular weight excluding hydrogens is 357 g/mol. The van der Waals surface area contributed by atoms with Crippen LogP contribution < -0.4 is 10.2 Å². The maximum atomic E-state index is 13.2. The number of carbonyl (C=O) groups excluding carboxylic acids is 1. The maximum Gasteiger partial charge on any atom is 0.416 e. The summed E-state index contributed by atoms with van der Waals surface area (Å²) in [5.41, 5.74) is 2.13. The Morgan fingerprint density at radius 1 is 1.07 bits per heavy atom. The lowest BCUT2D eigenvalue weighted by Crippen LogP contribution is -2.36. The summed E-state index contributed by atoms with van der Waals surface area (Å²) >= 11 is 0. The fourth-order valence-electron chi connectivity index (χ4n) is 3.15. The largest absolute Gasteiger partial charge is 0.416 e. The van der Waals surface area contributed by atoms with E-state index in [9.17, 15) is 18.0 Å². The van der Waals surface area contributed by atoms with Crippen LogP contribution in [0.4, 0.5) is 24.5 Å². The number of aryl methyl sites for hydroxylation is 2. The van der Waals surface area contributed by atoms with E-state index < -0.39 is 17.6 Å². The average Bonchev–Trinajstić information content (AvgIpc) is 2.61. The lowest BCUT2D eigenvalue weighted by Gasteiger charge is -2.31. The zero-order valence-corrected chi connectivity index (χ0v) is 15.2. The van der Waals surface area contributed by atoms with Crippen molar-refractivity contribution in [1.29, 1.82) is 0 Å². The summed E-state index contributed by atoms with van der Waals surface area (Å²) in [4.78, 5) is 14.6. The Balaban J connectivity index is 1.96. The van der Waals surface area contributed by atoms with Gasteiger partial charge >= 0.3 is 6.18 Å². The molecule has 27 heavy (non-hydrogen) atoms. The van der Waals surface area contributed by atoms with Gasteiger partial charge in [-0.25, -0.2) is 0 Å². The van der Waals surface area contributed by atoms with E-state index in [2.05, 4.69) is 5.32 Å². The van der Waals surface area contributed by atoms with Crippen LogP contribution in [0.25, 0.3) is 0 Å². The molecule has 1 N–H and O–H groups in total. The highest BCUT2D eigenvalue weighted by Gasteiger charge is 2.32. The monoisotopic (exact) mass is 378 g/mol. The van der Waals surface area contributed by atoms with Gasteiger partial charge < -0.3 is 15.0 Å². The molecule has 0 spiro atoms. The normalized spacial score (nSPS) is 14.9. The van der Waals surface area contributed by atoms with Crippen LogP contribution in [0, 0.1) is 13.8 Å². The highest BCUT2D eigenvalue weighted by atomic mass is 19.4. The van der Waals surface area contributed by atoms with Gasteiger partial charge in [0.2, 0.25) is 0 Å². The van der Waals surface area contributed by atoms with Crippen LogP contribution in [-0.4, -0.2) is 32.2 Å². The molecular formula is C20H21F3N2O2. The standard InChI is InChI=1S/C20H21F3N2O2/c1-13-3-5-16(14(2)11-13)19(26)24-17-12-15(20(21,22)23)4-6-18(17)25-7-9-27-10-8-25/h3-6,11-12H,7-10H2,1-2H3,(H,24,26). The van der Waals surface area contributed by atoms with Gasteiger partial charge in [-0.05, 0) is 43.7 Å². The first-order chi connectivity index (χ1) is 12.8. The summed E-state index contributed by atoms with van der Waals surface area (Å²) in [6.07, 6.45) is -4.48. The number of anilines is 2. The zero-order valence-electron chi connectivity index (χ0n) is 15.2. The minimum atomic E-state index is -4.48. The Morgan fingerprint density at radius 2 is 1.78 bits per heavy atom. The molecule has 1 heterocycles. The van der Waals surface area contributed by atoms with Crippen molar-refractivity contribution in [3.8, 4) is 0 Å². The number of halogens is 3. The van der Waals surface area contributed by atoms with Crippen LogP contribution in [0.1, 0.15) is 27.0 Å². The van der Waals surface area contributed by atoms with Crippen molar-refractivity contribution < 1.29 is 22.7 Å². The topological polar surface area (TPSA) is 41.6 Å². The summed E-state index contributed by atoms with van der Waals surface area (Å²) in [5, 5.41) is 2.68. The summed E-state index contributed by atoms with van der Waals surface area (Å²) in [5.74, 6) is -0.429. The molecule has 0 atom stereocenters. The van der Waals surface area contributed by atoms with Gasteiger partial charge in [0.25, 0.3) is 5.91 Å². The van der Waals surface area contributed by atoms with Gasteiger partial charge in [0, 0.05) is 18.7 Å². The molecule has 2 aromatic carbocycles. The fourth-order valence-corrected chi connectivity index (χ4v) is 3.15. The van der Waals surface area contributed by atoms with Gasteiger partial charge in [0.1, 0.15) is 0 Å². The summed E-state index contributed by atoms with van der Waals surface area (Å²) in [7, 11) is 0. The van der Waals surface area contributed by atoms with Crippen LogP contribution >= 0.6 is 0 Å². The molecule has 0 aromatic heterocycles. The van der Waals surface area contributed by atoms with Crippen LogP contribution in [-0.2, 0) is 10.9 Å². The molecule has 0 unspecified atom stereocenters. The second-order valence-corrected chi connectivity index (χ2v) is 6.60. The van der Waals surface area contributed by atoms with Crippen molar-refractivity contribution in [2.24, 2.45) is 0 Å². The molecule has 3 rings (SSSR count). The van der Waals surface area contributed by atoms with E-state index in [1.807, 2.05) is 17.9 Å². The molecule has 2 aromatic rings. The first-order valence-corrected chi connectivity index (χ1v) is 8.68. The van der Waals surface area contributed by atoms with E-state index in [0.29, 0.717) is 37.6 Å². The Hall–Kier alpha value is -2.54. The molecule has 0 saturated carbocycles. The third kappa shape index (κ3) is 4.42. The van der Waals surface area contributed by atoms with Crippen molar-refractivity contribution in [2.45, 2.75) is 20.0 Å². The molecule has 144 valence electrons. The van der Waals surface area contributed by atoms with E-state index in [1.54, 1.807) is 19.1 Å². The number of hydrogen-bond donors (Lipinski definition) is 1. The fraction of sp³-hybridized carbons (Fsp3) is 0.350. The molecule has 1 aliphatic heterocycles. The Bertz CT molecular complexity index is 844. The predicted molar refractivity (Wildman–Crippen MR) is 98.3 cm³/mol. The van der Waals surface area contributed by atoms with Crippen molar-refractivity contribution in [3.63, 3.8) is 0 Å². The second-order valence-electron chi connectivity index (χ2n) is 6.60. The minimum absolute atomic E-state index is 0.150. The third-order valence-electron chi connectivity index (χ3n) is 4.55.